The van der Waals surface area contributed by atoms with Gasteiger partial charge in [0.25, 0.3) is 0 Å². The van der Waals surface area contributed by atoms with Crippen molar-refractivity contribution in [3.63, 3.8) is 0 Å². The molecule has 168 valence electrons. The zero-order chi connectivity index (χ0) is 22.5. The van der Waals surface area contributed by atoms with Crippen LogP contribution >= 0.6 is 0 Å². The second-order valence-corrected chi connectivity index (χ2v) is 8.73. The molecule has 0 aromatic heterocycles. The minimum absolute atomic E-state index is 0.504. The molecule has 1 aromatic rings. The zero-order valence-electron chi connectivity index (χ0n) is 20.9. The first-order valence-electron chi connectivity index (χ1n) is 12.3. The van der Waals surface area contributed by atoms with E-state index in [9.17, 15) is 0 Å². The molecule has 0 radical (unpaired) electrons. The van der Waals surface area contributed by atoms with Gasteiger partial charge in [0.05, 0.1) is 6.04 Å². The highest BCUT2D eigenvalue weighted by atomic mass is 14.9. The molecule has 30 heavy (non-hydrogen) atoms. The highest BCUT2D eigenvalue weighted by Gasteiger charge is 2.31. The third-order valence-electron chi connectivity index (χ3n) is 6.24. The maximum atomic E-state index is 4.36. The van der Waals surface area contributed by atoms with Crippen molar-refractivity contribution in [1.82, 2.24) is 5.32 Å². The van der Waals surface area contributed by atoms with Gasteiger partial charge in [-0.15, -0.1) is 0 Å². The van der Waals surface area contributed by atoms with Crippen molar-refractivity contribution in [2.45, 2.75) is 99.5 Å². The molecule has 1 aromatic carbocycles. The van der Waals surface area contributed by atoms with Crippen molar-refractivity contribution in [1.29, 1.82) is 0 Å². The van der Waals surface area contributed by atoms with E-state index in [0.29, 0.717) is 17.9 Å². The third-order valence-corrected chi connectivity index (χ3v) is 6.24. The number of unbranched alkanes of at least 4 members (excludes halogenated alkanes) is 1. The maximum absolute atomic E-state index is 4.36. The molecule has 0 spiro atoms. The van der Waals surface area contributed by atoms with Crippen molar-refractivity contribution in [3.05, 3.63) is 71.0 Å². The highest BCUT2D eigenvalue weighted by molar-refractivity contribution is 5.39. The lowest BCUT2D eigenvalue weighted by Gasteiger charge is -2.27. The summed E-state index contributed by atoms with van der Waals surface area (Å²) in [5, 5.41) is 3.78. The number of rotatable bonds is 7. The van der Waals surface area contributed by atoms with Crippen LogP contribution < -0.4 is 5.32 Å². The average molecular weight is 410 g/mol. The first-order chi connectivity index (χ1) is 14.5. The van der Waals surface area contributed by atoms with Crippen molar-refractivity contribution in [2.75, 3.05) is 0 Å². The minimum atomic E-state index is 0.504. The van der Waals surface area contributed by atoms with Crippen LogP contribution in [0.3, 0.4) is 0 Å². The summed E-state index contributed by atoms with van der Waals surface area (Å²) in [7, 11) is 0. The smallest absolute Gasteiger partial charge is 0.0538 e. The minimum Gasteiger partial charge on any atom is -0.382 e. The molecular weight excluding hydrogens is 362 g/mol. The van der Waals surface area contributed by atoms with Gasteiger partial charge in [0.2, 0.25) is 0 Å². The Hall–Kier alpha value is -1.76. The summed E-state index contributed by atoms with van der Waals surface area (Å²) >= 11 is 0. The molecule has 3 atom stereocenters. The van der Waals surface area contributed by atoms with E-state index in [1.54, 1.807) is 11.1 Å². The van der Waals surface area contributed by atoms with E-state index in [1.165, 1.54) is 61.8 Å². The lowest BCUT2D eigenvalue weighted by Crippen LogP contribution is -2.35. The SMILES string of the molecule is C=C(NC1C2=C(CCC=C2)CC1C)C(CC)CCCC.CC.Cc1ccc(C)cc1. The van der Waals surface area contributed by atoms with Crippen LogP contribution in [-0.4, -0.2) is 6.04 Å². The fourth-order valence-electron chi connectivity index (χ4n) is 4.34. The van der Waals surface area contributed by atoms with Gasteiger partial charge >= 0.3 is 0 Å². The predicted molar refractivity (Wildman–Crippen MR) is 136 cm³/mol. The van der Waals surface area contributed by atoms with E-state index >= 15 is 0 Å². The van der Waals surface area contributed by atoms with Crippen molar-refractivity contribution in [3.8, 4) is 0 Å². The Labute approximate surface area is 187 Å². The molecule has 3 rings (SSSR count). The van der Waals surface area contributed by atoms with E-state index in [1.807, 2.05) is 13.8 Å². The fraction of sp³-hybridized carbons (Fsp3) is 0.586. The van der Waals surface area contributed by atoms with Crippen LogP contribution in [0.2, 0.25) is 0 Å². The van der Waals surface area contributed by atoms with Gasteiger partial charge in [-0.25, -0.2) is 0 Å². The monoisotopic (exact) mass is 409 g/mol. The van der Waals surface area contributed by atoms with Gasteiger partial charge in [-0.3, -0.25) is 0 Å². The number of allylic oxidation sites excluding steroid dienone is 3. The molecule has 0 saturated heterocycles. The molecule has 1 nitrogen and oxygen atoms in total. The van der Waals surface area contributed by atoms with Crippen LogP contribution in [0.1, 0.15) is 90.7 Å². The molecule has 0 heterocycles. The quantitative estimate of drug-likeness (QED) is 0.475. The Morgan fingerprint density at radius 3 is 2.23 bits per heavy atom. The number of benzene rings is 1. The predicted octanol–water partition coefficient (Wildman–Crippen LogP) is 8.69. The van der Waals surface area contributed by atoms with E-state index in [2.05, 4.69) is 82.9 Å². The molecule has 0 bridgehead atoms. The molecule has 3 unspecified atom stereocenters. The molecule has 0 aliphatic heterocycles. The van der Waals surface area contributed by atoms with Gasteiger partial charge in [-0.05, 0) is 63.4 Å². The first-order valence-corrected chi connectivity index (χ1v) is 12.3. The molecule has 0 saturated carbocycles. The summed E-state index contributed by atoms with van der Waals surface area (Å²) in [4.78, 5) is 0. The van der Waals surface area contributed by atoms with E-state index in [0.717, 1.165) is 0 Å². The molecule has 1 N–H and O–H groups in total. The molecule has 0 amide bonds. The standard InChI is InChI=1S/C19H31N.C8H10.C2H6/c1-5-7-10-16(6-2)15(4)20-19-14(3)13-17-11-8-9-12-18(17)19;1-7-3-5-8(2)6-4-7;1-2/h9,12,14,16,19-20H,4-8,10-11,13H2,1-3H3;3-6H,1-2H3;1-2H3. The van der Waals surface area contributed by atoms with Crippen molar-refractivity contribution in [2.24, 2.45) is 11.8 Å². The Bertz CT molecular complexity index is 656. The van der Waals surface area contributed by atoms with Crippen LogP contribution in [0.5, 0.6) is 0 Å². The van der Waals surface area contributed by atoms with E-state index in [4.69, 9.17) is 0 Å². The number of aryl methyl sites for hydroxylation is 2. The largest absolute Gasteiger partial charge is 0.382 e. The topological polar surface area (TPSA) is 12.0 Å². The van der Waals surface area contributed by atoms with Gasteiger partial charge in [-0.2, -0.15) is 0 Å². The Kier molecular flexibility index (Phi) is 12.5. The van der Waals surface area contributed by atoms with Crippen LogP contribution in [0.25, 0.3) is 0 Å². The van der Waals surface area contributed by atoms with E-state index in [-0.39, 0.29) is 0 Å². The fourth-order valence-corrected chi connectivity index (χ4v) is 4.34. The summed E-state index contributed by atoms with van der Waals surface area (Å²) in [6.07, 6.45) is 13.5. The number of hydrogen-bond acceptors (Lipinski definition) is 1. The Morgan fingerprint density at radius 2 is 1.70 bits per heavy atom. The van der Waals surface area contributed by atoms with Crippen molar-refractivity contribution >= 4 is 0 Å². The summed E-state index contributed by atoms with van der Waals surface area (Å²) in [6, 6.07) is 8.99. The summed E-state index contributed by atoms with van der Waals surface area (Å²) in [5.41, 5.74) is 7.18. The zero-order valence-corrected chi connectivity index (χ0v) is 20.9. The van der Waals surface area contributed by atoms with E-state index < -0.39 is 0 Å². The molecule has 2 aliphatic carbocycles. The van der Waals surface area contributed by atoms with Gasteiger partial charge < -0.3 is 5.32 Å². The summed E-state index contributed by atoms with van der Waals surface area (Å²) in [6.45, 7) is 19.5. The third kappa shape index (κ3) is 8.17. The summed E-state index contributed by atoms with van der Waals surface area (Å²) < 4.78 is 0. The van der Waals surface area contributed by atoms with Gasteiger partial charge in [0.15, 0.2) is 0 Å². The maximum Gasteiger partial charge on any atom is 0.0538 e. The highest BCUT2D eigenvalue weighted by Crippen LogP contribution is 2.38. The normalized spacial score (nSPS) is 20.4. The second-order valence-electron chi connectivity index (χ2n) is 8.73. The van der Waals surface area contributed by atoms with Crippen molar-refractivity contribution < 1.29 is 0 Å². The lowest BCUT2D eigenvalue weighted by atomic mass is 9.93. The molecule has 2 aliphatic rings. The first kappa shape index (κ1) is 26.3. The van der Waals surface area contributed by atoms with Crippen LogP contribution in [0.4, 0.5) is 0 Å². The average Bonchev–Trinajstić information content (AvgIpc) is 3.08. The molecule has 0 fully saturated rings. The van der Waals surface area contributed by atoms with Crippen LogP contribution in [0, 0.1) is 25.7 Å². The lowest BCUT2D eigenvalue weighted by molar-refractivity contribution is 0.426. The number of nitrogens with one attached hydrogen (secondary N) is 1. The van der Waals surface area contributed by atoms with Crippen LogP contribution in [0.15, 0.2) is 59.8 Å². The number of hydrogen-bond donors (Lipinski definition) is 1. The van der Waals surface area contributed by atoms with Crippen LogP contribution in [-0.2, 0) is 0 Å². The van der Waals surface area contributed by atoms with Gasteiger partial charge in [0.1, 0.15) is 0 Å². The Balaban J connectivity index is 0.000000375. The second kappa shape index (κ2) is 14.3. The molecular formula is C29H47N. The molecule has 1 heteroatoms. The van der Waals surface area contributed by atoms with Gasteiger partial charge in [0, 0.05) is 5.70 Å². The Morgan fingerprint density at radius 1 is 1.10 bits per heavy atom. The summed E-state index contributed by atoms with van der Waals surface area (Å²) in [5.74, 6) is 1.35. The van der Waals surface area contributed by atoms with Gasteiger partial charge in [-0.1, -0.05) is 107 Å².